The van der Waals surface area contributed by atoms with Gasteiger partial charge in [-0.15, -0.1) is 11.3 Å². The Bertz CT molecular complexity index is 1410. The van der Waals surface area contributed by atoms with Crippen LogP contribution in [0.3, 0.4) is 0 Å². The summed E-state index contributed by atoms with van der Waals surface area (Å²) in [5, 5.41) is 5.76. The summed E-state index contributed by atoms with van der Waals surface area (Å²) < 4.78 is 5.50. The molecular weight excluding hydrogens is 500 g/mol. The molecule has 0 bridgehead atoms. The van der Waals surface area contributed by atoms with Crippen molar-refractivity contribution in [3.05, 3.63) is 90.3 Å². The van der Waals surface area contributed by atoms with Gasteiger partial charge in [0.2, 0.25) is 5.91 Å². The van der Waals surface area contributed by atoms with Gasteiger partial charge in [0.25, 0.3) is 0 Å². The quantitative estimate of drug-likeness (QED) is 0.196. The summed E-state index contributed by atoms with van der Waals surface area (Å²) in [5.74, 6) is 0.696. The molecule has 5 rings (SSSR count). The fourth-order valence-corrected chi connectivity index (χ4v) is 5.33. The van der Waals surface area contributed by atoms with E-state index in [9.17, 15) is 4.79 Å². The summed E-state index contributed by atoms with van der Waals surface area (Å²) in [5.41, 5.74) is 5.65. The Balaban J connectivity index is 1.29. The molecule has 186 valence electrons. The van der Waals surface area contributed by atoms with Gasteiger partial charge in [0.1, 0.15) is 5.75 Å². The van der Waals surface area contributed by atoms with Gasteiger partial charge in [0, 0.05) is 22.1 Å². The van der Waals surface area contributed by atoms with Crippen LogP contribution in [0.2, 0.25) is 0 Å². The van der Waals surface area contributed by atoms with Crippen molar-refractivity contribution >= 4 is 34.1 Å². The summed E-state index contributed by atoms with van der Waals surface area (Å²) in [6, 6.07) is 27.9. The van der Waals surface area contributed by atoms with E-state index in [-0.39, 0.29) is 11.2 Å². The van der Waals surface area contributed by atoms with Crippen molar-refractivity contribution in [1.82, 2.24) is 15.0 Å². The number of amides is 1. The van der Waals surface area contributed by atoms with Gasteiger partial charge in [-0.3, -0.25) is 4.79 Å². The molecule has 0 fully saturated rings. The monoisotopic (exact) mass is 526 g/mol. The van der Waals surface area contributed by atoms with E-state index in [0.717, 1.165) is 39.5 Å². The number of carbonyl (C=O) groups is 1. The smallest absolute Gasteiger partial charge is 0.239 e. The lowest BCUT2D eigenvalue weighted by Gasteiger charge is -2.08. The zero-order chi connectivity index (χ0) is 25.6. The SMILES string of the molecule is CCOc1ccc(-c2csc(NC(=O)C(C)Sc3nc(-c4ccccc4)c(-c4ccccc4)[nH]3)n2)cc1. The zero-order valence-electron chi connectivity index (χ0n) is 20.5. The fraction of sp³-hybridized carbons (Fsp3) is 0.138. The first-order chi connectivity index (χ1) is 18.1. The van der Waals surface area contributed by atoms with Gasteiger partial charge < -0.3 is 15.0 Å². The summed E-state index contributed by atoms with van der Waals surface area (Å²) >= 11 is 2.79. The predicted molar refractivity (Wildman–Crippen MR) is 152 cm³/mol. The van der Waals surface area contributed by atoms with Crippen LogP contribution in [-0.2, 0) is 4.79 Å². The summed E-state index contributed by atoms with van der Waals surface area (Å²) in [6.07, 6.45) is 0. The van der Waals surface area contributed by atoms with Crippen LogP contribution in [0, 0.1) is 0 Å². The normalized spacial score (nSPS) is 11.7. The molecule has 5 aromatic rings. The van der Waals surface area contributed by atoms with E-state index in [1.54, 1.807) is 0 Å². The molecule has 0 saturated carbocycles. The number of thioether (sulfide) groups is 1. The molecule has 0 aliphatic heterocycles. The van der Waals surface area contributed by atoms with Crippen LogP contribution in [0.5, 0.6) is 5.75 Å². The van der Waals surface area contributed by atoms with Crippen molar-refractivity contribution < 1.29 is 9.53 Å². The predicted octanol–water partition coefficient (Wildman–Crippen LogP) is 7.39. The maximum absolute atomic E-state index is 13.0. The van der Waals surface area contributed by atoms with Gasteiger partial charge in [-0.25, -0.2) is 9.97 Å². The van der Waals surface area contributed by atoms with E-state index in [0.29, 0.717) is 16.9 Å². The number of nitrogens with zero attached hydrogens (tertiary/aromatic N) is 2. The number of hydrogen-bond donors (Lipinski definition) is 2. The molecule has 2 N–H and O–H groups in total. The van der Waals surface area contributed by atoms with Crippen molar-refractivity contribution in [2.24, 2.45) is 0 Å². The summed E-state index contributed by atoms with van der Waals surface area (Å²) in [7, 11) is 0. The Morgan fingerprint density at radius 2 is 1.62 bits per heavy atom. The second-order valence-electron chi connectivity index (χ2n) is 8.24. The third kappa shape index (κ3) is 5.93. The van der Waals surface area contributed by atoms with E-state index in [2.05, 4.69) is 27.4 Å². The number of nitrogens with one attached hydrogen (secondary N) is 2. The first-order valence-electron chi connectivity index (χ1n) is 12.0. The minimum absolute atomic E-state index is 0.128. The Morgan fingerprint density at radius 3 is 2.30 bits per heavy atom. The average molecular weight is 527 g/mol. The van der Waals surface area contributed by atoms with Gasteiger partial charge in [-0.05, 0) is 38.1 Å². The first-order valence-corrected chi connectivity index (χ1v) is 13.7. The minimum Gasteiger partial charge on any atom is -0.494 e. The molecule has 0 radical (unpaired) electrons. The van der Waals surface area contributed by atoms with Crippen molar-refractivity contribution in [2.75, 3.05) is 11.9 Å². The van der Waals surface area contributed by atoms with Crippen molar-refractivity contribution in [3.63, 3.8) is 0 Å². The largest absolute Gasteiger partial charge is 0.494 e. The highest BCUT2D eigenvalue weighted by Crippen LogP contribution is 2.34. The standard InChI is InChI=1S/C29H26N4O2S2/c1-3-35-23-16-14-20(15-17-23)24-18-36-28(30-24)33-27(34)19(2)37-29-31-25(21-10-6-4-7-11-21)26(32-29)22-12-8-5-9-13-22/h4-19H,3H2,1-2H3,(H,31,32)(H,30,33,34). The van der Waals surface area contributed by atoms with Crippen molar-refractivity contribution in [3.8, 4) is 39.5 Å². The molecule has 0 aliphatic rings. The number of hydrogen-bond acceptors (Lipinski definition) is 6. The van der Waals surface area contributed by atoms with Crippen LogP contribution in [-0.4, -0.2) is 32.7 Å². The van der Waals surface area contributed by atoms with Gasteiger partial charge in [0.05, 0.1) is 28.9 Å². The third-order valence-corrected chi connectivity index (χ3v) is 7.39. The molecule has 0 aliphatic carbocycles. The number of carbonyl (C=O) groups excluding carboxylic acids is 1. The molecule has 8 heteroatoms. The van der Waals surface area contributed by atoms with Gasteiger partial charge in [-0.2, -0.15) is 0 Å². The second kappa shape index (κ2) is 11.5. The molecule has 2 aromatic heterocycles. The third-order valence-electron chi connectivity index (χ3n) is 5.64. The zero-order valence-corrected chi connectivity index (χ0v) is 22.1. The number of benzene rings is 3. The van der Waals surface area contributed by atoms with E-state index in [1.807, 2.05) is 92.0 Å². The number of ether oxygens (including phenoxy) is 1. The number of H-pyrrole nitrogens is 1. The van der Waals surface area contributed by atoms with Gasteiger partial charge in [0.15, 0.2) is 10.3 Å². The number of anilines is 1. The van der Waals surface area contributed by atoms with E-state index in [4.69, 9.17) is 9.72 Å². The number of aromatic nitrogens is 3. The molecule has 6 nitrogen and oxygen atoms in total. The number of imidazole rings is 1. The average Bonchev–Trinajstić information content (AvgIpc) is 3.58. The molecule has 0 saturated heterocycles. The van der Waals surface area contributed by atoms with Crippen LogP contribution in [0.1, 0.15) is 13.8 Å². The molecule has 2 heterocycles. The topological polar surface area (TPSA) is 79.9 Å². The molecule has 1 amide bonds. The Kier molecular flexibility index (Phi) is 7.67. The van der Waals surface area contributed by atoms with Gasteiger partial charge in [-0.1, -0.05) is 72.4 Å². The van der Waals surface area contributed by atoms with Crippen molar-refractivity contribution in [2.45, 2.75) is 24.3 Å². The van der Waals surface area contributed by atoms with Crippen LogP contribution in [0.15, 0.2) is 95.5 Å². The van der Waals surface area contributed by atoms with E-state index in [1.165, 1.54) is 23.1 Å². The van der Waals surface area contributed by atoms with Gasteiger partial charge >= 0.3 is 0 Å². The maximum Gasteiger partial charge on any atom is 0.239 e. The fourth-order valence-electron chi connectivity index (χ4n) is 3.81. The highest BCUT2D eigenvalue weighted by Gasteiger charge is 2.21. The molecular formula is C29H26N4O2S2. The van der Waals surface area contributed by atoms with Crippen molar-refractivity contribution in [1.29, 1.82) is 0 Å². The lowest BCUT2D eigenvalue weighted by atomic mass is 10.1. The molecule has 1 atom stereocenters. The van der Waals surface area contributed by atoms with Crippen LogP contribution in [0.4, 0.5) is 5.13 Å². The number of rotatable bonds is 9. The lowest BCUT2D eigenvalue weighted by molar-refractivity contribution is -0.115. The Labute approximate surface area is 224 Å². The maximum atomic E-state index is 13.0. The molecule has 3 aromatic carbocycles. The number of thiazole rings is 1. The number of aromatic amines is 1. The highest BCUT2D eigenvalue weighted by molar-refractivity contribution is 8.00. The van der Waals surface area contributed by atoms with Crippen LogP contribution >= 0.6 is 23.1 Å². The van der Waals surface area contributed by atoms with E-state index < -0.39 is 0 Å². The summed E-state index contributed by atoms with van der Waals surface area (Å²) in [6.45, 7) is 4.45. The highest BCUT2D eigenvalue weighted by atomic mass is 32.2. The Morgan fingerprint density at radius 1 is 0.946 bits per heavy atom. The first kappa shape index (κ1) is 24.8. The molecule has 37 heavy (non-hydrogen) atoms. The van der Waals surface area contributed by atoms with Crippen LogP contribution < -0.4 is 10.1 Å². The molecule has 1 unspecified atom stereocenters. The summed E-state index contributed by atoms with van der Waals surface area (Å²) in [4.78, 5) is 25.9. The van der Waals surface area contributed by atoms with Crippen LogP contribution in [0.25, 0.3) is 33.8 Å². The molecule has 0 spiro atoms. The second-order valence-corrected chi connectivity index (χ2v) is 10.4. The minimum atomic E-state index is -0.378. The van der Waals surface area contributed by atoms with E-state index >= 15 is 0 Å². The Hall–Kier alpha value is -3.88. The lowest BCUT2D eigenvalue weighted by Crippen LogP contribution is -2.22.